The van der Waals surface area contributed by atoms with Crippen molar-refractivity contribution in [1.29, 1.82) is 0 Å². The lowest BCUT2D eigenvalue weighted by atomic mass is 10.2. The highest BCUT2D eigenvalue weighted by atomic mass is 19.1. The maximum Gasteiger partial charge on any atom is 0.257 e. The van der Waals surface area contributed by atoms with E-state index in [9.17, 15) is 9.18 Å². The van der Waals surface area contributed by atoms with E-state index < -0.39 is 5.82 Å². The van der Waals surface area contributed by atoms with Crippen molar-refractivity contribution in [2.24, 2.45) is 0 Å². The molecule has 0 saturated carbocycles. The van der Waals surface area contributed by atoms with Crippen molar-refractivity contribution in [2.45, 2.75) is 20.3 Å². The molecular weight excluding hydrogens is 271 g/mol. The number of nitrogens with zero attached hydrogens (tertiary/aromatic N) is 3. The van der Waals surface area contributed by atoms with Gasteiger partial charge in [-0.15, -0.1) is 0 Å². The molecule has 0 aromatic carbocycles. The molecule has 1 heterocycles. The van der Waals surface area contributed by atoms with Gasteiger partial charge in [0.1, 0.15) is 0 Å². The van der Waals surface area contributed by atoms with E-state index in [0.717, 1.165) is 13.0 Å². The molecule has 0 atom stereocenters. The van der Waals surface area contributed by atoms with Gasteiger partial charge in [0.15, 0.2) is 11.6 Å². The van der Waals surface area contributed by atoms with Crippen LogP contribution < -0.4 is 5.32 Å². The zero-order chi connectivity index (χ0) is 15.8. The summed E-state index contributed by atoms with van der Waals surface area (Å²) in [5.74, 6) is -0.722. The van der Waals surface area contributed by atoms with Crippen LogP contribution in [0.5, 0.6) is 0 Å². The van der Waals surface area contributed by atoms with Crippen LogP contribution in [0, 0.1) is 5.82 Å². The summed E-state index contributed by atoms with van der Waals surface area (Å²) in [5.41, 5.74) is 0.0770. The number of likely N-dealkylation sites (N-methyl/N-ethyl adjacent to an activating group) is 1. The predicted molar refractivity (Wildman–Crippen MR) is 83.1 cm³/mol. The van der Waals surface area contributed by atoms with Crippen molar-refractivity contribution in [3.63, 3.8) is 0 Å². The Hall–Kier alpha value is -1.69. The first-order valence-electron chi connectivity index (χ1n) is 7.33. The lowest BCUT2D eigenvalue weighted by Crippen LogP contribution is -2.37. The quantitative estimate of drug-likeness (QED) is 0.798. The van der Waals surface area contributed by atoms with Gasteiger partial charge in [0.05, 0.1) is 5.56 Å². The number of hydrogen-bond acceptors (Lipinski definition) is 4. The zero-order valence-electron chi connectivity index (χ0n) is 13.3. The second kappa shape index (κ2) is 8.56. The number of carbonyl (C=O) groups excluding carboxylic acids is 1. The Morgan fingerprint density at radius 2 is 2.00 bits per heavy atom. The summed E-state index contributed by atoms with van der Waals surface area (Å²) in [6.07, 6.45) is 2.30. The van der Waals surface area contributed by atoms with Gasteiger partial charge in [-0.2, -0.15) is 0 Å². The van der Waals surface area contributed by atoms with Crippen molar-refractivity contribution in [3.05, 3.63) is 23.6 Å². The van der Waals surface area contributed by atoms with Gasteiger partial charge in [-0.25, -0.2) is 9.37 Å². The number of hydrogen-bond donors (Lipinski definition) is 1. The first kappa shape index (κ1) is 17.4. The maximum absolute atomic E-state index is 14.3. The van der Waals surface area contributed by atoms with Gasteiger partial charge >= 0.3 is 0 Å². The van der Waals surface area contributed by atoms with Crippen LogP contribution in [-0.2, 0) is 0 Å². The Balaban J connectivity index is 2.94. The van der Waals surface area contributed by atoms with Crippen LogP contribution >= 0.6 is 0 Å². The third-order valence-corrected chi connectivity index (χ3v) is 3.06. The van der Waals surface area contributed by atoms with E-state index in [2.05, 4.69) is 10.3 Å². The van der Waals surface area contributed by atoms with Crippen LogP contribution in [0.25, 0.3) is 0 Å². The zero-order valence-corrected chi connectivity index (χ0v) is 13.3. The van der Waals surface area contributed by atoms with Crippen LogP contribution in [-0.4, -0.2) is 61.0 Å². The third-order valence-electron chi connectivity index (χ3n) is 3.06. The largest absolute Gasteiger partial charge is 0.368 e. The van der Waals surface area contributed by atoms with Gasteiger partial charge in [0, 0.05) is 32.4 Å². The standard InChI is InChI=1S/C15H25FN4O/c1-5-9-20(11-10-19(3)4)15(21)12-7-8-18-14(13(12)16)17-6-2/h7-8H,5-6,9-11H2,1-4H3,(H,17,18). The lowest BCUT2D eigenvalue weighted by Gasteiger charge is -2.24. The summed E-state index contributed by atoms with van der Waals surface area (Å²) in [6, 6.07) is 1.44. The number of rotatable bonds is 8. The van der Waals surface area contributed by atoms with Crippen molar-refractivity contribution < 1.29 is 9.18 Å². The second-order valence-electron chi connectivity index (χ2n) is 5.15. The minimum atomic E-state index is -0.574. The minimum Gasteiger partial charge on any atom is -0.368 e. The molecule has 6 heteroatoms. The fourth-order valence-corrected chi connectivity index (χ4v) is 1.98. The molecule has 0 unspecified atom stereocenters. The molecule has 0 aliphatic heterocycles. The van der Waals surface area contributed by atoms with Crippen molar-refractivity contribution in [1.82, 2.24) is 14.8 Å². The Kier molecular flexibility index (Phi) is 7.08. The van der Waals surface area contributed by atoms with Gasteiger partial charge in [0.2, 0.25) is 0 Å². The molecule has 1 amide bonds. The summed E-state index contributed by atoms with van der Waals surface area (Å²) in [4.78, 5) is 20.2. The highest BCUT2D eigenvalue weighted by molar-refractivity contribution is 5.95. The monoisotopic (exact) mass is 296 g/mol. The number of pyridine rings is 1. The van der Waals surface area contributed by atoms with Crippen LogP contribution in [0.2, 0.25) is 0 Å². The van der Waals surface area contributed by atoms with E-state index in [0.29, 0.717) is 19.6 Å². The summed E-state index contributed by atoms with van der Waals surface area (Å²) in [7, 11) is 3.90. The van der Waals surface area contributed by atoms with E-state index in [1.54, 1.807) is 4.90 Å². The fraction of sp³-hybridized carbons (Fsp3) is 0.600. The summed E-state index contributed by atoms with van der Waals surface area (Å²) in [5, 5.41) is 2.83. The normalized spacial score (nSPS) is 10.8. The van der Waals surface area contributed by atoms with Crippen molar-refractivity contribution in [3.8, 4) is 0 Å². The molecule has 118 valence electrons. The number of carbonyl (C=O) groups is 1. The van der Waals surface area contributed by atoms with Crippen LogP contribution in [0.15, 0.2) is 12.3 Å². The fourth-order valence-electron chi connectivity index (χ4n) is 1.98. The Bertz CT molecular complexity index is 465. The first-order valence-corrected chi connectivity index (χ1v) is 7.33. The van der Waals surface area contributed by atoms with Gasteiger partial charge in [-0.1, -0.05) is 6.92 Å². The Morgan fingerprint density at radius 1 is 1.29 bits per heavy atom. The van der Waals surface area contributed by atoms with E-state index in [-0.39, 0.29) is 17.3 Å². The number of nitrogens with one attached hydrogen (secondary N) is 1. The van der Waals surface area contributed by atoms with Crippen LogP contribution in [0.1, 0.15) is 30.6 Å². The highest BCUT2D eigenvalue weighted by Gasteiger charge is 2.21. The molecule has 21 heavy (non-hydrogen) atoms. The molecule has 1 aromatic heterocycles. The summed E-state index contributed by atoms with van der Waals surface area (Å²) >= 11 is 0. The van der Waals surface area contributed by atoms with E-state index in [1.807, 2.05) is 32.8 Å². The van der Waals surface area contributed by atoms with E-state index >= 15 is 0 Å². The molecular formula is C15H25FN4O. The Labute approximate surface area is 126 Å². The lowest BCUT2D eigenvalue weighted by molar-refractivity contribution is 0.0740. The summed E-state index contributed by atoms with van der Waals surface area (Å²) < 4.78 is 14.3. The van der Waals surface area contributed by atoms with Crippen molar-refractivity contribution in [2.75, 3.05) is 45.6 Å². The minimum absolute atomic E-state index is 0.0770. The van der Waals surface area contributed by atoms with Gasteiger partial charge in [-0.3, -0.25) is 4.79 Å². The molecule has 0 aliphatic carbocycles. The third kappa shape index (κ3) is 4.97. The SMILES string of the molecule is CCCN(CCN(C)C)C(=O)c1ccnc(NCC)c1F. The number of halogens is 1. The van der Waals surface area contributed by atoms with Crippen molar-refractivity contribution >= 4 is 11.7 Å². The molecule has 5 nitrogen and oxygen atoms in total. The molecule has 0 saturated heterocycles. The molecule has 1 rings (SSSR count). The predicted octanol–water partition coefficient (Wildman–Crippen LogP) is 2.07. The Morgan fingerprint density at radius 3 is 2.57 bits per heavy atom. The average molecular weight is 296 g/mol. The number of aromatic nitrogens is 1. The molecule has 1 aromatic rings. The molecule has 1 N–H and O–H groups in total. The van der Waals surface area contributed by atoms with Gasteiger partial charge < -0.3 is 15.1 Å². The molecule has 0 bridgehead atoms. The van der Waals surface area contributed by atoms with Gasteiger partial charge in [0.25, 0.3) is 5.91 Å². The second-order valence-corrected chi connectivity index (χ2v) is 5.15. The number of amides is 1. The van der Waals surface area contributed by atoms with Crippen LogP contribution in [0.4, 0.5) is 10.2 Å². The highest BCUT2D eigenvalue weighted by Crippen LogP contribution is 2.17. The summed E-state index contributed by atoms with van der Waals surface area (Å²) in [6.45, 7) is 6.36. The first-order chi connectivity index (χ1) is 10.0. The topological polar surface area (TPSA) is 48.5 Å². The van der Waals surface area contributed by atoms with Crippen LogP contribution in [0.3, 0.4) is 0 Å². The molecule has 0 aliphatic rings. The van der Waals surface area contributed by atoms with E-state index in [4.69, 9.17) is 0 Å². The van der Waals surface area contributed by atoms with Gasteiger partial charge in [-0.05, 0) is 33.5 Å². The molecule has 0 spiro atoms. The smallest absolute Gasteiger partial charge is 0.257 e. The maximum atomic E-state index is 14.3. The number of anilines is 1. The molecule has 0 fully saturated rings. The molecule has 0 radical (unpaired) electrons. The average Bonchev–Trinajstić information content (AvgIpc) is 2.45. The van der Waals surface area contributed by atoms with E-state index in [1.165, 1.54) is 12.3 Å².